The summed E-state index contributed by atoms with van der Waals surface area (Å²) in [4.78, 5) is 24.2. The number of amides is 1. The van der Waals surface area contributed by atoms with Crippen LogP contribution in [0.25, 0.3) is 0 Å². The van der Waals surface area contributed by atoms with E-state index in [9.17, 15) is 22.8 Å². The van der Waals surface area contributed by atoms with E-state index in [2.05, 4.69) is 0 Å². The van der Waals surface area contributed by atoms with Crippen LogP contribution in [0.15, 0.2) is 24.3 Å². The summed E-state index contributed by atoms with van der Waals surface area (Å²) < 4.78 is 44.6. The highest BCUT2D eigenvalue weighted by atomic mass is 19.4. The molecule has 0 aliphatic carbocycles. The van der Waals surface area contributed by atoms with Crippen molar-refractivity contribution in [2.75, 3.05) is 19.7 Å². The molecule has 1 aromatic rings. The molecule has 1 amide bonds. The van der Waals surface area contributed by atoms with E-state index in [1.807, 2.05) is 0 Å². The molecule has 0 radical (unpaired) electrons. The van der Waals surface area contributed by atoms with Gasteiger partial charge in [-0.15, -0.1) is 0 Å². The van der Waals surface area contributed by atoms with Gasteiger partial charge in [0.25, 0.3) is 0 Å². The number of aliphatic carboxylic acids is 1. The van der Waals surface area contributed by atoms with Gasteiger partial charge in [0.05, 0.1) is 18.7 Å². The third kappa shape index (κ3) is 3.82. The molecule has 1 aliphatic heterocycles. The van der Waals surface area contributed by atoms with Crippen LogP contribution in [-0.4, -0.2) is 41.6 Å². The fourth-order valence-corrected chi connectivity index (χ4v) is 2.45. The van der Waals surface area contributed by atoms with E-state index < -0.39 is 35.6 Å². The molecule has 1 saturated heterocycles. The van der Waals surface area contributed by atoms with Gasteiger partial charge in [0, 0.05) is 6.54 Å². The van der Waals surface area contributed by atoms with Crippen molar-refractivity contribution in [2.24, 2.45) is 5.92 Å². The molecular weight excluding hydrogens is 315 g/mol. The zero-order valence-corrected chi connectivity index (χ0v) is 12.3. The lowest BCUT2D eigenvalue weighted by Gasteiger charge is -2.35. The van der Waals surface area contributed by atoms with Crippen molar-refractivity contribution in [3.8, 4) is 0 Å². The fourth-order valence-electron chi connectivity index (χ4n) is 2.45. The van der Waals surface area contributed by atoms with Gasteiger partial charge >= 0.3 is 12.1 Å². The molecule has 126 valence electrons. The van der Waals surface area contributed by atoms with E-state index in [1.165, 1.54) is 30.0 Å². The lowest BCUT2D eigenvalue weighted by Crippen LogP contribution is -2.46. The lowest BCUT2D eigenvalue weighted by atomic mass is 10.00. The number of carboxylic acids is 1. The first-order valence-electron chi connectivity index (χ1n) is 7.01. The topological polar surface area (TPSA) is 66.8 Å². The average Bonchev–Trinajstić information content (AvgIpc) is 2.52. The number of carbonyl (C=O) groups is 2. The molecule has 2 rings (SSSR count). The van der Waals surface area contributed by atoms with E-state index in [1.54, 1.807) is 0 Å². The Bertz CT molecular complexity index is 603. The number of halogens is 3. The number of hydrogen-bond donors (Lipinski definition) is 1. The number of nitrogens with zero attached hydrogens (tertiary/aromatic N) is 1. The van der Waals surface area contributed by atoms with Gasteiger partial charge in [-0.1, -0.05) is 18.2 Å². The number of rotatable bonds is 3. The van der Waals surface area contributed by atoms with E-state index in [-0.39, 0.29) is 25.3 Å². The van der Waals surface area contributed by atoms with Crippen LogP contribution in [0.5, 0.6) is 0 Å². The largest absolute Gasteiger partial charge is 0.481 e. The average molecular weight is 331 g/mol. The van der Waals surface area contributed by atoms with Gasteiger partial charge in [-0.2, -0.15) is 13.2 Å². The van der Waals surface area contributed by atoms with Gasteiger partial charge in [0.2, 0.25) is 5.91 Å². The maximum absolute atomic E-state index is 13.1. The molecule has 0 spiro atoms. The predicted octanol–water partition coefficient (Wildman–Crippen LogP) is 2.33. The van der Waals surface area contributed by atoms with E-state index in [4.69, 9.17) is 9.84 Å². The second-order valence-electron chi connectivity index (χ2n) is 5.29. The Hall–Kier alpha value is -2.09. The Kier molecular flexibility index (Phi) is 4.93. The van der Waals surface area contributed by atoms with Crippen LogP contribution in [0, 0.1) is 5.92 Å². The summed E-state index contributed by atoms with van der Waals surface area (Å²) in [6.45, 7) is 1.35. The van der Waals surface area contributed by atoms with Gasteiger partial charge in [0.1, 0.15) is 12.0 Å². The Labute approximate surface area is 130 Å². The van der Waals surface area contributed by atoms with Gasteiger partial charge in [0.15, 0.2) is 0 Å². The third-order valence-electron chi connectivity index (χ3n) is 3.73. The predicted molar refractivity (Wildman–Crippen MR) is 73.5 cm³/mol. The quantitative estimate of drug-likeness (QED) is 0.863. The standard InChI is InChI=1S/C15H16F3NO4/c1-9(14(21)22)13(20)19-6-7-23-12(8-19)10-4-2-3-5-11(10)15(16,17)18/h2-5,9,12H,6-8H2,1H3,(H,21,22). The highest BCUT2D eigenvalue weighted by molar-refractivity contribution is 5.96. The molecule has 1 N–H and O–H groups in total. The van der Waals surface area contributed by atoms with E-state index in [0.717, 1.165) is 6.07 Å². The van der Waals surface area contributed by atoms with E-state index in [0.29, 0.717) is 0 Å². The fraction of sp³-hybridized carbons (Fsp3) is 0.467. The monoisotopic (exact) mass is 331 g/mol. The van der Waals surface area contributed by atoms with Crippen molar-refractivity contribution >= 4 is 11.9 Å². The zero-order valence-electron chi connectivity index (χ0n) is 12.3. The van der Waals surface area contributed by atoms with Crippen molar-refractivity contribution < 1.29 is 32.6 Å². The second-order valence-corrected chi connectivity index (χ2v) is 5.29. The Morgan fingerprint density at radius 2 is 2.00 bits per heavy atom. The minimum atomic E-state index is -4.53. The van der Waals surface area contributed by atoms with Crippen molar-refractivity contribution in [2.45, 2.75) is 19.2 Å². The molecule has 8 heteroatoms. The summed E-state index contributed by atoms with van der Waals surface area (Å²) in [5.74, 6) is -3.14. The van der Waals surface area contributed by atoms with Crippen LogP contribution < -0.4 is 0 Å². The molecule has 1 fully saturated rings. The summed E-state index contributed by atoms with van der Waals surface area (Å²) in [6.07, 6.45) is -5.47. The summed E-state index contributed by atoms with van der Waals surface area (Å²) in [5, 5.41) is 8.89. The third-order valence-corrected chi connectivity index (χ3v) is 3.73. The lowest BCUT2D eigenvalue weighted by molar-refractivity contribution is -0.154. The van der Waals surface area contributed by atoms with Gasteiger partial charge < -0.3 is 14.7 Å². The summed E-state index contributed by atoms with van der Waals surface area (Å²) in [5.41, 5.74) is -0.869. The number of benzene rings is 1. The normalized spacial score (nSPS) is 20.2. The van der Waals surface area contributed by atoms with Gasteiger partial charge in [-0.3, -0.25) is 9.59 Å². The Morgan fingerprint density at radius 3 is 2.61 bits per heavy atom. The second kappa shape index (κ2) is 6.57. The molecule has 5 nitrogen and oxygen atoms in total. The first kappa shape index (κ1) is 17.3. The molecule has 1 aliphatic rings. The summed E-state index contributed by atoms with van der Waals surface area (Å²) in [7, 11) is 0. The number of hydrogen-bond acceptors (Lipinski definition) is 3. The molecule has 0 bridgehead atoms. The molecular formula is C15H16F3NO4. The van der Waals surface area contributed by atoms with Crippen LogP contribution in [0.4, 0.5) is 13.2 Å². The molecule has 2 atom stereocenters. The number of alkyl halides is 3. The highest BCUT2D eigenvalue weighted by Crippen LogP contribution is 2.36. The first-order chi connectivity index (χ1) is 10.7. The molecule has 0 saturated carbocycles. The van der Waals surface area contributed by atoms with Crippen molar-refractivity contribution in [1.82, 2.24) is 4.90 Å². The highest BCUT2D eigenvalue weighted by Gasteiger charge is 2.37. The smallest absolute Gasteiger partial charge is 0.416 e. The van der Waals surface area contributed by atoms with Crippen LogP contribution in [-0.2, 0) is 20.5 Å². The maximum atomic E-state index is 13.1. The summed E-state index contributed by atoms with van der Waals surface area (Å²) >= 11 is 0. The number of carbonyl (C=O) groups excluding carboxylic acids is 1. The number of ether oxygens (including phenoxy) is 1. The Morgan fingerprint density at radius 1 is 1.35 bits per heavy atom. The zero-order chi connectivity index (χ0) is 17.2. The molecule has 1 aromatic carbocycles. The van der Waals surface area contributed by atoms with Crippen LogP contribution in [0.1, 0.15) is 24.2 Å². The SMILES string of the molecule is CC(C(=O)O)C(=O)N1CCOC(c2ccccc2C(F)(F)F)C1. The van der Waals surface area contributed by atoms with E-state index >= 15 is 0 Å². The molecule has 23 heavy (non-hydrogen) atoms. The summed E-state index contributed by atoms with van der Waals surface area (Å²) in [6, 6.07) is 5.01. The number of morpholine rings is 1. The van der Waals surface area contributed by atoms with Crippen LogP contribution in [0.2, 0.25) is 0 Å². The van der Waals surface area contributed by atoms with Gasteiger partial charge in [-0.25, -0.2) is 0 Å². The molecule has 0 aromatic heterocycles. The Balaban J connectivity index is 2.23. The first-order valence-corrected chi connectivity index (χ1v) is 7.01. The minimum absolute atomic E-state index is 0.0505. The van der Waals surface area contributed by atoms with Crippen molar-refractivity contribution in [3.63, 3.8) is 0 Å². The van der Waals surface area contributed by atoms with Crippen molar-refractivity contribution in [1.29, 1.82) is 0 Å². The van der Waals surface area contributed by atoms with Crippen molar-refractivity contribution in [3.05, 3.63) is 35.4 Å². The number of carboxylic acid groups (broad SMARTS) is 1. The molecule has 1 heterocycles. The molecule has 2 unspecified atom stereocenters. The van der Waals surface area contributed by atoms with Crippen LogP contribution in [0.3, 0.4) is 0 Å². The maximum Gasteiger partial charge on any atom is 0.416 e. The van der Waals surface area contributed by atoms with Gasteiger partial charge in [-0.05, 0) is 18.6 Å². The minimum Gasteiger partial charge on any atom is -0.481 e. The van der Waals surface area contributed by atoms with Crippen LogP contribution >= 0.6 is 0 Å².